The second-order valence-electron chi connectivity index (χ2n) is 4.55. The van der Waals surface area contributed by atoms with Gasteiger partial charge < -0.3 is 5.11 Å². The van der Waals surface area contributed by atoms with Crippen molar-refractivity contribution < 1.29 is 17.9 Å². The highest BCUT2D eigenvalue weighted by molar-refractivity contribution is 7.89. The lowest BCUT2D eigenvalue weighted by Crippen LogP contribution is -2.38. The van der Waals surface area contributed by atoms with E-state index in [2.05, 4.69) is 4.72 Å². The number of hydrogen-bond acceptors (Lipinski definition) is 3. The third-order valence-corrected chi connectivity index (χ3v) is 3.68. The predicted molar refractivity (Wildman–Crippen MR) is 62.6 cm³/mol. The van der Waals surface area contributed by atoms with Crippen molar-refractivity contribution in [2.24, 2.45) is 0 Å². The lowest BCUT2D eigenvalue weighted by Gasteiger charge is -2.18. The molecule has 17 heavy (non-hydrogen) atoms. The number of hydrogen-bond donors (Lipinski definition) is 2. The van der Waals surface area contributed by atoms with Gasteiger partial charge in [0.25, 0.3) is 0 Å². The van der Waals surface area contributed by atoms with Gasteiger partial charge in [-0.1, -0.05) is 6.07 Å². The fraction of sp³-hybridized carbons (Fsp3) is 0.455. The quantitative estimate of drug-likeness (QED) is 0.855. The van der Waals surface area contributed by atoms with Crippen molar-refractivity contribution in [3.63, 3.8) is 0 Å². The number of rotatable bonds is 4. The molecule has 0 saturated heterocycles. The number of aryl methyl sites for hydroxylation is 1. The zero-order chi connectivity index (χ0) is 13.3. The zero-order valence-electron chi connectivity index (χ0n) is 9.99. The van der Waals surface area contributed by atoms with Crippen LogP contribution in [0.2, 0.25) is 0 Å². The first-order chi connectivity index (χ1) is 7.62. The molecule has 0 unspecified atom stereocenters. The Kier molecular flexibility index (Phi) is 3.91. The van der Waals surface area contributed by atoms with Gasteiger partial charge in [-0.3, -0.25) is 0 Å². The van der Waals surface area contributed by atoms with Crippen LogP contribution in [0.3, 0.4) is 0 Å². The van der Waals surface area contributed by atoms with E-state index in [-0.39, 0.29) is 11.4 Å². The van der Waals surface area contributed by atoms with Crippen LogP contribution in [-0.2, 0) is 10.0 Å². The van der Waals surface area contributed by atoms with Crippen LogP contribution in [0.1, 0.15) is 19.4 Å². The largest absolute Gasteiger partial charge is 0.389 e. The van der Waals surface area contributed by atoms with Crippen molar-refractivity contribution in [3.8, 4) is 0 Å². The predicted octanol–water partition coefficient (Wildman–Crippen LogP) is 1.18. The topological polar surface area (TPSA) is 66.4 Å². The second-order valence-corrected chi connectivity index (χ2v) is 6.28. The number of halogens is 1. The number of nitrogens with one attached hydrogen (secondary N) is 1. The van der Waals surface area contributed by atoms with E-state index in [1.165, 1.54) is 26.0 Å². The molecule has 6 heteroatoms. The highest BCUT2D eigenvalue weighted by Crippen LogP contribution is 2.16. The molecule has 0 bridgehead atoms. The summed E-state index contributed by atoms with van der Waals surface area (Å²) in [6.07, 6.45) is 0. The molecule has 0 radical (unpaired) electrons. The van der Waals surface area contributed by atoms with Crippen molar-refractivity contribution >= 4 is 10.0 Å². The average Bonchev–Trinajstić information content (AvgIpc) is 2.18. The van der Waals surface area contributed by atoms with Crippen molar-refractivity contribution in [3.05, 3.63) is 29.6 Å². The molecule has 2 N–H and O–H groups in total. The molecule has 1 aromatic carbocycles. The molecule has 0 aromatic heterocycles. The molecule has 0 spiro atoms. The van der Waals surface area contributed by atoms with Gasteiger partial charge in [-0.15, -0.1) is 0 Å². The number of sulfonamides is 1. The Morgan fingerprint density at radius 2 is 2.00 bits per heavy atom. The number of aliphatic hydroxyl groups is 1. The van der Waals surface area contributed by atoms with Gasteiger partial charge in [-0.05, 0) is 38.5 Å². The van der Waals surface area contributed by atoms with E-state index in [1.807, 2.05) is 0 Å². The molecular formula is C11H16FNO3S. The third-order valence-electron chi connectivity index (χ3n) is 2.13. The third kappa shape index (κ3) is 4.07. The van der Waals surface area contributed by atoms with Gasteiger partial charge in [0.1, 0.15) is 5.82 Å². The highest BCUT2D eigenvalue weighted by Gasteiger charge is 2.21. The molecule has 0 fully saturated rings. The molecule has 1 aromatic rings. The van der Waals surface area contributed by atoms with Crippen molar-refractivity contribution in [2.45, 2.75) is 31.3 Å². The van der Waals surface area contributed by atoms with Crippen LogP contribution >= 0.6 is 0 Å². The summed E-state index contributed by atoms with van der Waals surface area (Å²) in [6, 6.07) is 3.56. The Morgan fingerprint density at radius 1 is 1.41 bits per heavy atom. The first-order valence-corrected chi connectivity index (χ1v) is 6.58. The minimum absolute atomic E-state index is 0.109. The van der Waals surface area contributed by atoms with Crippen LogP contribution in [-0.4, -0.2) is 25.7 Å². The summed E-state index contributed by atoms with van der Waals surface area (Å²) in [5.74, 6) is -0.612. The molecule has 1 rings (SSSR count). The van der Waals surface area contributed by atoms with Gasteiger partial charge in [0, 0.05) is 6.54 Å². The fourth-order valence-electron chi connectivity index (χ4n) is 1.21. The summed E-state index contributed by atoms with van der Waals surface area (Å²) in [7, 11) is -3.80. The van der Waals surface area contributed by atoms with E-state index < -0.39 is 21.4 Å². The first-order valence-electron chi connectivity index (χ1n) is 5.10. The van der Waals surface area contributed by atoms with Gasteiger partial charge in [0.2, 0.25) is 10.0 Å². The van der Waals surface area contributed by atoms with E-state index >= 15 is 0 Å². The molecule has 4 nitrogen and oxygen atoms in total. The summed E-state index contributed by atoms with van der Waals surface area (Å²) < 4.78 is 39.0. The van der Waals surface area contributed by atoms with Crippen LogP contribution < -0.4 is 4.72 Å². The summed E-state index contributed by atoms with van der Waals surface area (Å²) in [4.78, 5) is -0.109. The summed E-state index contributed by atoms with van der Waals surface area (Å²) in [6.45, 7) is 4.41. The Hall–Kier alpha value is -0.980. The maximum Gasteiger partial charge on any atom is 0.241 e. The van der Waals surface area contributed by atoms with Crippen molar-refractivity contribution in [2.75, 3.05) is 6.54 Å². The average molecular weight is 261 g/mol. The lowest BCUT2D eigenvalue weighted by molar-refractivity contribution is 0.0857. The highest BCUT2D eigenvalue weighted by atomic mass is 32.2. The fourth-order valence-corrected chi connectivity index (χ4v) is 2.67. The van der Waals surface area contributed by atoms with E-state index in [0.29, 0.717) is 5.56 Å². The van der Waals surface area contributed by atoms with Crippen molar-refractivity contribution in [1.82, 2.24) is 4.72 Å². The van der Waals surface area contributed by atoms with Gasteiger partial charge >= 0.3 is 0 Å². The summed E-state index contributed by atoms with van der Waals surface area (Å²) in [5.41, 5.74) is -0.705. The van der Waals surface area contributed by atoms with Crippen LogP contribution in [0.15, 0.2) is 23.1 Å². The molecule has 96 valence electrons. The summed E-state index contributed by atoms with van der Waals surface area (Å²) in [5, 5.41) is 9.45. The van der Waals surface area contributed by atoms with E-state index in [9.17, 15) is 17.9 Å². The minimum Gasteiger partial charge on any atom is -0.389 e. The Labute approximate surface area is 101 Å². The Morgan fingerprint density at radius 3 is 2.53 bits per heavy atom. The van der Waals surface area contributed by atoms with Gasteiger partial charge in [-0.25, -0.2) is 17.5 Å². The molecule has 0 aliphatic carbocycles. The maximum atomic E-state index is 13.0. The van der Waals surface area contributed by atoms with Crippen LogP contribution in [0.25, 0.3) is 0 Å². The molecular weight excluding hydrogens is 245 g/mol. The lowest BCUT2D eigenvalue weighted by atomic mass is 10.1. The molecule has 0 aliphatic rings. The molecule has 0 aliphatic heterocycles. The van der Waals surface area contributed by atoms with E-state index in [1.54, 1.807) is 6.92 Å². The van der Waals surface area contributed by atoms with Gasteiger partial charge in [0.15, 0.2) is 0 Å². The normalized spacial score (nSPS) is 12.8. The zero-order valence-corrected chi connectivity index (χ0v) is 10.8. The van der Waals surface area contributed by atoms with Crippen LogP contribution in [0.4, 0.5) is 4.39 Å². The first kappa shape index (κ1) is 14.1. The maximum absolute atomic E-state index is 13.0. The number of benzene rings is 1. The Bertz CT molecular complexity index is 506. The standard InChI is InChI=1S/C11H16FNO3S/c1-8-4-5-9(12)6-10(8)17(15,16)13-7-11(2,3)14/h4-6,13-14H,7H2,1-3H3. The Balaban J connectivity index is 3.02. The smallest absolute Gasteiger partial charge is 0.241 e. The van der Waals surface area contributed by atoms with E-state index in [4.69, 9.17) is 0 Å². The molecule has 0 amide bonds. The van der Waals surface area contributed by atoms with Crippen LogP contribution in [0, 0.1) is 12.7 Å². The molecule has 0 saturated carbocycles. The SMILES string of the molecule is Cc1ccc(F)cc1S(=O)(=O)NCC(C)(C)O. The van der Waals surface area contributed by atoms with Gasteiger partial charge in [0.05, 0.1) is 10.5 Å². The van der Waals surface area contributed by atoms with Crippen LogP contribution in [0.5, 0.6) is 0 Å². The minimum atomic E-state index is -3.80. The molecule has 0 atom stereocenters. The van der Waals surface area contributed by atoms with Gasteiger partial charge in [-0.2, -0.15) is 0 Å². The summed E-state index contributed by atoms with van der Waals surface area (Å²) >= 11 is 0. The van der Waals surface area contributed by atoms with Crippen molar-refractivity contribution in [1.29, 1.82) is 0 Å². The molecule has 0 heterocycles. The second kappa shape index (κ2) is 4.72. The van der Waals surface area contributed by atoms with E-state index in [0.717, 1.165) is 6.07 Å². The monoisotopic (exact) mass is 261 g/mol.